The van der Waals surface area contributed by atoms with Crippen molar-refractivity contribution in [3.8, 4) is 0 Å². The molecule has 7 nitrogen and oxygen atoms in total. The lowest BCUT2D eigenvalue weighted by atomic mass is 10.1. The van der Waals surface area contributed by atoms with Gasteiger partial charge in [0, 0.05) is 25.8 Å². The van der Waals surface area contributed by atoms with Gasteiger partial charge in [-0.05, 0) is 26.7 Å². The minimum absolute atomic E-state index is 0.0644. The maximum Gasteiger partial charge on any atom is 0.244 e. The quantitative estimate of drug-likeness (QED) is 0.792. The summed E-state index contributed by atoms with van der Waals surface area (Å²) < 4.78 is 34.7. The maximum absolute atomic E-state index is 12.5. The lowest BCUT2D eigenvalue weighted by Crippen LogP contribution is -2.39. The third kappa shape index (κ3) is 3.20. The van der Waals surface area contributed by atoms with E-state index >= 15 is 0 Å². The summed E-state index contributed by atoms with van der Waals surface area (Å²) >= 11 is 0. The Hall–Kier alpha value is -0.960. The molecule has 1 aliphatic heterocycles. The van der Waals surface area contributed by atoms with Crippen LogP contribution in [0.1, 0.15) is 24.2 Å². The first kappa shape index (κ1) is 15.4. The Balaban J connectivity index is 2.24. The predicted molar refractivity (Wildman–Crippen MR) is 74.9 cm³/mol. The van der Waals surface area contributed by atoms with Crippen LogP contribution in [0.3, 0.4) is 0 Å². The highest BCUT2D eigenvalue weighted by Crippen LogP contribution is 2.20. The molecule has 2 rings (SSSR count). The number of sulfonamides is 1. The summed E-state index contributed by atoms with van der Waals surface area (Å²) in [4.78, 5) is 0.275. The van der Waals surface area contributed by atoms with Gasteiger partial charge in [-0.25, -0.2) is 13.1 Å². The highest BCUT2D eigenvalue weighted by molar-refractivity contribution is 7.89. The molecule has 1 aromatic rings. The SMILES string of the molecule is Cc1nn(CCN)c(C)c1S(=O)(=O)NC1CCOCC1. The molecule has 1 aromatic heterocycles. The number of aromatic nitrogens is 2. The molecule has 3 N–H and O–H groups in total. The molecule has 0 aliphatic carbocycles. The molecule has 0 atom stereocenters. The summed E-state index contributed by atoms with van der Waals surface area (Å²) in [5.74, 6) is 0. The van der Waals surface area contributed by atoms with Gasteiger partial charge < -0.3 is 10.5 Å². The van der Waals surface area contributed by atoms with Gasteiger partial charge in [-0.2, -0.15) is 5.10 Å². The third-order valence-corrected chi connectivity index (χ3v) is 5.24. The highest BCUT2D eigenvalue weighted by atomic mass is 32.2. The Labute approximate surface area is 119 Å². The number of nitrogens with two attached hydrogens (primary N) is 1. The topological polar surface area (TPSA) is 99.2 Å². The molecular weight excluding hydrogens is 280 g/mol. The van der Waals surface area contributed by atoms with Crippen molar-refractivity contribution in [2.24, 2.45) is 5.73 Å². The number of hydrogen-bond acceptors (Lipinski definition) is 5. The van der Waals surface area contributed by atoms with Crippen molar-refractivity contribution >= 4 is 10.0 Å². The largest absolute Gasteiger partial charge is 0.381 e. The second-order valence-electron chi connectivity index (χ2n) is 5.02. The van der Waals surface area contributed by atoms with E-state index in [1.807, 2.05) is 0 Å². The lowest BCUT2D eigenvalue weighted by Gasteiger charge is -2.23. The van der Waals surface area contributed by atoms with Gasteiger partial charge in [0.15, 0.2) is 0 Å². The Morgan fingerprint density at radius 2 is 2.05 bits per heavy atom. The molecule has 0 spiro atoms. The van der Waals surface area contributed by atoms with E-state index in [0.717, 1.165) is 0 Å². The predicted octanol–water partition coefficient (Wildman–Crippen LogP) is -0.0841. The van der Waals surface area contributed by atoms with E-state index in [4.69, 9.17) is 10.5 Å². The lowest BCUT2D eigenvalue weighted by molar-refractivity contribution is 0.0832. The van der Waals surface area contributed by atoms with Gasteiger partial charge in [0.1, 0.15) is 4.90 Å². The first-order valence-corrected chi connectivity index (χ1v) is 8.28. The molecule has 20 heavy (non-hydrogen) atoms. The van der Waals surface area contributed by atoms with E-state index in [1.54, 1.807) is 18.5 Å². The summed E-state index contributed by atoms with van der Waals surface area (Å²) in [6.45, 7) is 5.59. The minimum Gasteiger partial charge on any atom is -0.381 e. The first-order chi connectivity index (χ1) is 9.45. The first-order valence-electron chi connectivity index (χ1n) is 6.80. The van der Waals surface area contributed by atoms with Crippen LogP contribution >= 0.6 is 0 Å². The van der Waals surface area contributed by atoms with Gasteiger partial charge in [-0.15, -0.1) is 0 Å². The monoisotopic (exact) mass is 302 g/mol. The van der Waals surface area contributed by atoms with Crippen molar-refractivity contribution in [1.82, 2.24) is 14.5 Å². The van der Waals surface area contributed by atoms with E-state index in [2.05, 4.69) is 9.82 Å². The number of aryl methyl sites for hydroxylation is 1. The minimum atomic E-state index is -3.55. The van der Waals surface area contributed by atoms with Gasteiger partial charge in [0.05, 0.1) is 17.9 Å². The normalized spacial score (nSPS) is 17.6. The van der Waals surface area contributed by atoms with Crippen LogP contribution in [0.4, 0.5) is 0 Å². The van der Waals surface area contributed by atoms with Crippen molar-refractivity contribution in [3.05, 3.63) is 11.4 Å². The molecule has 114 valence electrons. The molecule has 0 unspecified atom stereocenters. The van der Waals surface area contributed by atoms with Crippen LogP contribution in [0.15, 0.2) is 4.90 Å². The standard InChI is InChI=1S/C12H22N4O3S/c1-9-12(10(2)16(14-9)6-5-13)20(17,18)15-11-3-7-19-8-4-11/h11,15H,3-8,13H2,1-2H3. The number of nitrogens with one attached hydrogen (secondary N) is 1. The van der Waals surface area contributed by atoms with Crippen molar-refractivity contribution in [2.75, 3.05) is 19.8 Å². The second kappa shape index (κ2) is 6.21. The Morgan fingerprint density at radius 1 is 1.40 bits per heavy atom. The number of rotatable bonds is 5. The number of ether oxygens (including phenoxy) is 1. The van der Waals surface area contributed by atoms with Crippen LogP contribution < -0.4 is 10.5 Å². The summed E-state index contributed by atoms with van der Waals surface area (Å²) in [5, 5.41) is 4.25. The summed E-state index contributed by atoms with van der Waals surface area (Å²) in [5.41, 5.74) is 6.65. The van der Waals surface area contributed by atoms with Crippen molar-refractivity contribution in [2.45, 2.75) is 44.2 Å². The van der Waals surface area contributed by atoms with Crippen molar-refractivity contribution in [1.29, 1.82) is 0 Å². The molecule has 0 amide bonds. The van der Waals surface area contributed by atoms with Crippen LogP contribution in [0.5, 0.6) is 0 Å². The molecule has 8 heteroatoms. The summed E-state index contributed by atoms with van der Waals surface area (Å²) in [6, 6.07) is -0.0644. The summed E-state index contributed by atoms with van der Waals surface area (Å²) in [6.07, 6.45) is 1.41. The molecule has 1 aliphatic rings. The van der Waals surface area contributed by atoms with Crippen LogP contribution in [0.25, 0.3) is 0 Å². The van der Waals surface area contributed by atoms with E-state index in [9.17, 15) is 8.42 Å². The fourth-order valence-corrected chi connectivity index (χ4v) is 4.22. The molecular formula is C12H22N4O3S. The van der Waals surface area contributed by atoms with E-state index in [-0.39, 0.29) is 10.9 Å². The molecule has 1 saturated heterocycles. The van der Waals surface area contributed by atoms with E-state index < -0.39 is 10.0 Å². The Kier molecular flexibility index (Phi) is 4.79. The number of nitrogens with zero attached hydrogens (tertiary/aromatic N) is 2. The molecule has 1 fully saturated rings. The fourth-order valence-electron chi connectivity index (χ4n) is 2.50. The average Bonchev–Trinajstić information content (AvgIpc) is 2.66. The zero-order valence-electron chi connectivity index (χ0n) is 11.9. The average molecular weight is 302 g/mol. The third-order valence-electron chi connectivity index (χ3n) is 3.47. The summed E-state index contributed by atoms with van der Waals surface area (Å²) in [7, 11) is -3.55. The zero-order valence-corrected chi connectivity index (χ0v) is 12.7. The molecule has 0 bridgehead atoms. The second-order valence-corrected chi connectivity index (χ2v) is 6.67. The van der Waals surface area contributed by atoms with Gasteiger partial charge in [0.2, 0.25) is 10.0 Å². The maximum atomic E-state index is 12.5. The Bertz CT molecular complexity index is 562. The van der Waals surface area contributed by atoms with Crippen LogP contribution in [-0.4, -0.2) is 44.0 Å². The van der Waals surface area contributed by atoms with Crippen LogP contribution in [-0.2, 0) is 21.3 Å². The van der Waals surface area contributed by atoms with Crippen molar-refractivity contribution < 1.29 is 13.2 Å². The molecule has 0 saturated carbocycles. The highest BCUT2D eigenvalue weighted by Gasteiger charge is 2.27. The van der Waals surface area contributed by atoms with Gasteiger partial charge in [-0.1, -0.05) is 0 Å². The van der Waals surface area contributed by atoms with E-state index in [1.165, 1.54) is 0 Å². The van der Waals surface area contributed by atoms with Gasteiger partial charge in [0.25, 0.3) is 0 Å². The number of hydrogen-bond donors (Lipinski definition) is 2. The smallest absolute Gasteiger partial charge is 0.244 e. The molecule has 0 radical (unpaired) electrons. The van der Waals surface area contributed by atoms with Crippen LogP contribution in [0, 0.1) is 13.8 Å². The van der Waals surface area contributed by atoms with Crippen LogP contribution in [0.2, 0.25) is 0 Å². The Morgan fingerprint density at radius 3 is 2.65 bits per heavy atom. The fraction of sp³-hybridized carbons (Fsp3) is 0.750. The van der Waals surface area contributed by atoms with Gasteiger partial charge >= 0.3 is 0 Å². The van der Waals surface area contributed by atoms with Gasteiger partial charge in [-0.3, -0.25) is 4.68 Å². The van der Waals surface area contributed by atoms with E-state index in [0.29, 0.717) is 50.5 Å². The molecule has 0 aromatic carbocycles. The van der Waals surface area contributed by atoms with Crippen molar-refractivity contribution in [3.63, 3.8) is 0 Å². The molecule has 2 heterocycles. The zero-order chi connectivity index (χ0) is 14.8.